The average Bonchev–Trinajstić information content (AvgIpc) is 2.17. The number of halogens is 1. The second-order valence-corrected chi connectivity index (χ2v) is 3.04. The van der Waals surface area contributed by atoms with Gasteiger partial charge in [0.15, 0.2) is 0 Å². The van der Waals surface area contributed by atoms with Crippen LogP contribution in [-0.2, 0) is 9.59 Å². The maximum Gasteiger partial charge on any atom is 0.321 e. The molecule has 0 aliphatic rings. The van der Waals surface area contributed by atoms with Crippen LogP contribution in [-0.4, -0.2) is 37.3 Å². The van der Waals surface area contributed by atoms with Gasteiger partial charge in [-0.2, -0.15) is 0 Å². The second kappa shape index (κ2) is 8.05. The number of carbonyl (C=O) groups is 3. The van der Waals surface area contributed by atoms with Crippen LogP contribution in [0.15, 0.2) is 0 Å². The minimum atomic E-state index is -0.617. The maximum absolute atomic E-state index is 11.0. The standard InChI is InChI=1S/C8H14ClN3O3/c1-10-6(13)3-5-11-8(15)12-7(14)2-4-9/h2-5H2,1H3,(H,10,13)(H2,11,12,14,15). The van der Waals surface area contributed by atoms with E-state index in [-0.39, 0.29) is 31.2 Å². The van der Waals surface area contributed by atoms with Gasteiger partial charge in [-0.1, -0.05) is 0 Å². The third-order valence-electron chi connectivity index (χ3n) is 1.49. The highest BCUT2D eigenvalue weighted by molar-refractivity contribution is 6.19. The Hall–Kier alpha value is -1.30. The Morgan fingerprint density at radius 2 is 1.80 bits per heavy atom. The van der Waals surface area contributed by atoms with Gasteiger partial charge in [0.05, 0.1) is 0 Å². The van der Waals surface area contributed by atoms with Crippen molar-refractivity contribution in [1.29, 1.82) is 0 Å². The number of hydrogen-bond donors (Lipinski definition) is 3. The van der Waals surface area contributed by atoms with Crippen molar-refractivity contribution >= 4 is 29.4 Å². The average molecular weight is 236 g/mol. The van der Waals surface area contributed by atoms with E-state index in [1.54, 1.807) is 0 Å². The molecule has 0 aromatic carbocycles. The molecule has 0 unspecified atom stereocenters. The minimum absolute atomic E-state index is 0.0877. The first-order chi connectivity index (χ1) is 7.10. The summed E-state index contributed by atoms with van der Waals surface area (Å²) in [5.41, 5.74) is 0. The molecule has 86 valence electrons. The summed E-state index contributed by atoms with van der Waals surface area (Å²) in [4.78, 5) is 32.6. The molecule has 3 N–H and O–H groups in total. The van der Waals surface area contributed by atoms with Crippen LogP contribution >= 0.6 is 11.6 Å². The first kappa shape index (κ1) is 13.7. The summed E-state index contributed by atoms with van der Waals surface area (Å²) in [7, 11) is 1.51. The predicted octanol–water partition coefficient (Wildman–Crippen LogP) is -0.423. The Labute approximate surface area is 92.7 Å². The van der Waals surface area contributed by atoms with Crippen LogP contribution in [0.25, 0.3) is 0 Å². The first-order valence-electron chi connectivity index (χ1n) is 4.44. The highest BCUT2D eigenvalue weighted by atomic mass is 35.5. The highest BCUT2D eigenvalue weighted by Crippen LogP contribution is 1.83. The molecule has 0 aliphatic carbocycles. The molecule has 0 aromatic heterocycles. The van der Waals surface area contributed by atoms with Crippen LogP contribution in [0.5, 0.6) is 0 Å². The van der Waals surface area contributed by atoms with E-state index in [0.29, 0.717) is 0 Å². The summed E-state index contributed by atoms with van der Waals surface area (Å²) < 4.78 is 0. The molecular weight excluding hydrogens is 222 g/mol. The van der Waals surface area contributed by atoms with E-state index in [1.807, 2.05) is 0 Å². The van der Waals surface area contributed by atoms with Gasteiger partial charge in [0.25, 0.3) is 0 Å². The number of alkyl halides is 1. The Kier molecular flexibility index (Phi) is 7.35. The van der Waals surface area contributed by atoms with Gasteiger partial charge in [-0.15, -0.1) is 11.6 Å². The van der Waals surface area contributed by atoms with E-state index in [2.05, 4.69) is 16.0 Å². The molecule has 0 spiro atoms. The number of nitrogens with one attached hydrogen (secondary N) is 3. The van der Waals surface area contributed by atoms with Crippen molar-refractivity contribution in [3.8, 4) is 0 Å². The lowest BCUT2D eigenvalue weighted by Gasteiger charge is -2.05. The Morgan fingerprint density at radius 3 is 2.33 bits per heavy atom. The van der Waals surface area contributed by atoms with E-state index in [4.69, 9.17) is 11.6 Å². The van der Waals surface area contributed by atoms with Crippen molar-refractivity contribution in [3.63, 3.8) is 0 Å². The predicted molar refractivity (Wildman–Crippen MR) is 55.6 cm³/mol. The van der Waals surface area contributed by atoms with E-state index in [1.165, 1.54) is 7.05 Å². The van der Waals surface area contributed by atoms with Gasteiger partial charge in [-0.3, -0.25) is 14.9 Å². The van der Waals surface area contributed by atoms with Crippen LogP contribution < -0.4 is 16.0 Å². The lowest BCUT2D eigenvalue weighted by molar-refractivity contribution is -0.120. The molecule has 7 heteroatoms. The van der Waals surface area contributed by atoms with E-state index < -0.39 is 11.9 Å². The van der Waals surface area contributed by atoms with Crippen molar-refractivity contribution in [2.24, 2.45) is 0 Å². The topological polar surface area (TPSA) is 87.3 Å². The normalized spacial score (nSPS) is 9.20. The fourth-order valence-corrected chi connectivity index (χ4v) is 0.905. The third-order valence-corrected chi connectivity index (χ3v) is 1.68. The van der Waals surface area contributed by atoms with Crippen molar-refractivity contribution in [1.82, 2.24) is 16.0 Å². The van der Waals surface area contributed by atoms with Gasteiger partial charge < -0.3 is 10.6 Å². The molecule has 0 saturated carbocycles. The van der Waals surface area contributed by atoms with Crippen LogP contribution in [0, 0.1) is 0 Å². The molecule has 0 rings (SSSR count). The number of urea groups is 1. The van der Waals surface area contributed by atoms with Crippen molar-refractivity contribution in [3.05, 3.63) is 0 Å². The molecule has 15 heavy (non-hydrogen) atoms. The largest absolute Gasteiger partial charge is 0.359 e. The molecule has 0 bridgehead atoms. The lowest BCUT2D eigenvalue weighted by atomic mass is 10.4. The van der Waals surface area contributed by atoms with Crippen LogP contribution in [0.2, 0.25) is 0 Å². The Balaban J connectivity index is 3.57. The zero-order valence-corrected chi connectivity index (χ0v) is 9.19. The van der Waals surface area contributed by atoms with E-state index in [9.17, 15) is 14.4 Å². The SMILES string of the molecule is CNC(=O)CCNC(=O)NC(=O)CCCl. The van der Waals surface area contributed by atoms with Gasteiger partial charge in [-0.05, 0) is 0 Å². The number of hydrogen-bond acceptors (Lipinski definition) is 3. The fraction of sp³-hybridized carbons (Fsp3) is 0.625. The van der Waals surface area contributed by atoms with Crippen LogP contribution in [0.1, 0.15) is 12.8 Å². The summed E-state index contributed by atoms with van der Waals surface area (Å²) in [6.45, 7) is 0.180. The van der Waals surface area contributed by atoms with Crippen LogP contribution in [0.4, 0.5) is 4.79 Å². The van der Waals surface area contributed by atoms with Gasteiger partial charge in [-0.25, -0.2) is 4.79 Å². The first-order valence-corrected chi connectivity index (χ1v) is 4.97. The summed E-state index contributed by atoms with van der Waals surface area (Å²) >= 11 is 5.30. The number of rotatable bonds is 5. The summed E-state index contributed by atoms with van der Waals surface area (Å²) in [5.74, 6) is -0.456. The van der Waals surface area contributed by atoms with E-state index >= 15 is 0 Å². The second-order valence-electron chi connectivity index (χ2n) is 2.67. The number of amides is 4. The summed E-state index contributed by atoms with van der Waals surface area (Å²) in [5, 5.41) is 6.83. The number of imide groups is 1. The molecule has 0 fully saturated rings. The lowest BCUT2D eigenvalue weighted by Crippen LogP contribution is -2.40. The quantitative estimate of drug-likeness (QED) is 0.566. The van der Waals surface area contributed by atoms with E-state index in [0.717, 1.165) is 0 Å². The molecule has 0 aliphatic heterocycles. The number of carbonyl (C=O) groups excluding carboxylic acids is 3. The third kappa shape index (κ3) is 7.75. The Bertz CT molecular complexity index is 245. The van der Waals surface area contributed by atoms with Crippen LogP contribution in [0.3, 0.4) is 0 Å². The molecule has 0 aromatic rings. The van der Waals surface area contributed by atoms with Gasteiger partial charge >= 0.3 is 6.03 Å². The van der Waals surface area contributed by atoms with Gasteiger partial charge in [0, 0.05) is 32.3 Å². The van der Waals surface area contributed by atoms with Crippen molar-refractivity contribution < 1.29 is 14.4 Å². The molecule has 0 atom stereocenters. The van der Waals surface area contributed by atoms with Crippen molar-refractivity contribution in [2.75, 3.05) is 19.5 Å². The highest BCUT2D eigenvalue weighted by Gasteiger charge is 2.06. The van der Waals surface area contributed by atoms with Crippen molar-refractivity contribution in [2.45, 2.75) is 12.8 Å². The minimum Gasteiger partial charge on any atom is -0.359 e. The summed E-state index contributed by atoms with van der Waals surface area (Å²) in [6, 6.07) is -0.617. The zero-order valence-electron chi connectivity index (χ0n) is 8.43. The van der Waals surface area contributed by atoms with Gasteiger partial charge in [0.1, 0.15) is 0 Å². The maximum atomic E-state index is 11.0. The molecule has 0 radical (unpaired) electrons. The molecular formula is C8H14ClN3O3. The fourth-order valence-electron chi connectivity index (χ4n) is 0.734. The molecule has 0 heterocycles. The smallest absolute Gasteiger partial charge is 0.321 e. The summed E-state index contributed by atoms with van der Waals surface area (Å²) in [6.07, 6.45) is 0.262. The molecule has 0 saturated heterocycles. The Morgan fingerprint density at radius 1 is 1.13 bits per heavy atom. The zero-order chi connectivity index (χ0) is 11.7. The monoisotopic (exact) mass is 235 g/mol. The van der Waals surface area contributed by atoms with Gasteiger partial charge in [0.2, 0.25) is 11.8 Å². The molecule has 6 nitrogen and oxygen atoms in total. The molecule has 4 amide bonds.